The molecule has 0 spiro atoms. The van der Waals surface area contributed by atoms with E-state index in [1.165, 1.54) is 18.3 Å². The molecule has 0 unspecified atom stereocenters. The maximum absolute atomic E-state index is 12.2. The Morgan fingerprint density at radius 3 is 2.74 bits per heavy atom. The zero-order valence-electron chi connectivity index (χ0n) is 10.9. The molecule has 98 valence electrons. The average molecular weight is 273 g/mol. The highest BCUT2D eigenvalue weighted by Crippen LogP contribution is 2.20. The highest BCUT2D eigenvalue weighted by atomic mass is 32.1. The zero-order chi connectivity index (χ0) is 13.8. The largest absolute Gasteiger partial charge is 0.321 e. The second kappa shape index (κ2) is 5.80. The molecule has 0 fully saturated rings. The first-order valence-electron chi connectivity index (χ1n) is 6.10. The molecule has 0 saturated carbocycles. The topological polar surface area (TPSA) is 46.2 Å². The van der Waals surface area contributed by atoms with Crippen LogP contribution in [0, 0.1) is 0 Å². The summed E-state index contributed by atoms with van der Waals surface area (Å²) >= 11 is 1.43. The maximum Gasteiger partial charge on any atom is 0.266 e. The molecule has 2 aromatic rings. The molecule has 0 atom stereocenters. The summed E-state index contributed by atoms with van der Waals surface area (Å²) in [6.07, 6.45) is 0.833. The molecule has 0 aliphatic rings. The van der Waals surface area contributed by atoms with E-state index in [1.807, 2.05) is 18.4 Å². The fourth-order valence-corrected chi connectivity index (χ4v) is 2.71. The fourth-order valence-electron chi connectivity index (χ4n) is 1.82. The highest BCUT2D eigenvalue weighted by molar-refractivity contribution is 7.12. The number of Topliss-reactive ketones (excluding diaryl/α,β-unsaturated/α-hetero) is 1. The first-order valence-corrected chi connectivity index (χ1v) is 6.98. The van der Waals surface area contributed by atoms with Crippen molar-refractivity contribution in [3.63, 3.8) is 0 Å². The summed E-state index contributed by atoms with van der Waals surface area (Å²) in [5, 5.41) is 4.75. The van der Waals surface area contributed by atoms with Gasteiger partial charge >= 0.3 is 0 Å². The first-order chi connectivity index (χ1) is 9.11. The molecule has 1 aromatic heterocycles. The van der Waals surface area contributed by atoms with Crippen LogP contribution >= 0.6 is 11.3 Å². The number of anilines is 1. The minimum atomic E-state index is -0.118. The van der Waals surface area contributed by atoms with E-state index in [0.29, 0.717) is 11.3 Å². The van der Waals surface area contributed by atoms with Gasteiger partial charge in [-0.3, -0.25) is 9.59 Å². The van der Waals surface area contributed by atoms with Gasteiger partial charge in [0.2, 0.25) is 0 Å². The molecule has 0 aliphatic heterocycles. The van der Waals surface area contributed by atoms with E-state index in [2.05, 4.69) is 5.32 Å². The number of hydrogen-bond donors (Lipinski definition) is 1. The monoisotopic (exact) mass is 273 g/mol. The number of benzene rings is 1. The predicted octanol–water partition coefficient (Wildman–Crippen LogP) is 3.77. The van der Waals surface area contributed by atoms with Crippen molar-refractivity contribution >= 4 is 28.7 Å². The Hall–Kier alpha value is -1.94. The van der Waals surface area contributed by atoms with Crippen LogP contribution in [0.2, 0.25) is 0 Å². The molecule has 1 N–H and O–H groups in total. The third-order valence-corrected chi connectivity index (χ3v) is 3.82. The molecular weight excluding hydrogens is 258 g/mol. The molecule has 4 heteroatoms. The van der Waals surface area contributed by atoms with Crippen molar-refractivity contribution in [2.24, 2.45) is 0 Å². The van der Waals surface area contributed by atoms with Crippen molar-refractivity contribution in [2.45, 2.75) is 20.3 Å². The van der Waals surface area contributed by atoms with E-state index in [-0.39, 0.29) is 11.7 Å². The molecule has 0 radical (unpaired) electrons. The van der Waals surface area contributed by atoms with Crippen molar-refractivity contribution in [1.29, 1.82) is 0 Å². The van der Waals surface area contributed by atoms with E-state index in [9.17, 15) is 9.59 Å². The van der Waals surface area contributed by atoms with Crippen LogP contribution in [0.5, 0.6) is 0 Å². The molecule has 2 rings (SSSR count). The van der Waals surface area contributed by atoms with E-state index in [4.69, 9.17) is 0 Å². The van der Waals surface area contributed by atoms with Crippen molar-refractivity contribution in [3.05, 3.63) is 51.7 Å². The van der Waals surface area contributed by atoms with Crippen LogP contribution in [0.1, 0.15) is 39.4 Å². The van der Waals surface area contributed by atoms with Gasteiger partial charge in [-0.05, 0) is 42.5 Å². The lowest BCUT2D eigenvalue weighted by atomic mass is 10.1. The maximum atomic E-state index is 12.2. The Kier molecular flexibility index (Phi) is 4.12. The second-order valence-corrected chi connectivity index (χ2v) is 5.14. The van der Waals surface area contributed by atoms with E-state index < -0.39 is 0 Å². The van der Waals surface area contributed by atoms with Gasteiger partial charge in [-0.1, -0.05) is 19.1 Å². The number of aryl methyl sites for hydroxylation is 1. The molecule has 3 nitrogen and oxygen atoms in total. The highest BCUT2D eigenvalue weighted by Gasteiger charge is 2.12. The lowest BCUT2D eigenvalue weighted by Gasteiger charge is -2.06. The second-order valence-electron chi connectivity index (χ2n) is 4.22. The van der Waals surface area contributed by atoms with Gasteiger partial charge in [0.25, 0.3) is 5.91 Å². The number of nitrogens with one attached hydrogen (secondary N) is 1. The molecular formula is C15H15NO2S. The molecule has 0 aliphatic carbocycles. The SMILES string of the molecule is CCc1ccsc1C(=O)Nc1cccc(C(C)=O)c1. The van der Waals surface area contributed by atoms with Gasteiger partial charge in [0.1, 0.15) is 0 Å². The number of thiophene rings is 1. The zero-order valence-corrected chi connectivity index (χ0v) is 11.7. The van der Waals surface area contributed by atoms with Gasteiger partial charge in [-0.25, -0.2) is 0 Å². The van der Waals surface area contributed by atoms with Gasteiger partial charge < -0.3 is 5.32 Å². The van der Waals surface area contributed by atoms with Crippen LogP contribution in [-0.2, 0) is 6.42 Å². The minimum absolute atomic E-state index is 0.0125. The molecule has 0 saturated heterocycles. The lowest BCUT2D eigenvalue weighted by Crippen LogP contribution is -2.12. The average Bonchev–Trinajstić information content (AvgIpc) is 2.87. The molecule has 1 heterocycles. The summed E-state index contributed by atoms with van der Waals surface area (Å²) in [5.41, 5.74) is 2.29. The van der Waals surface area contributed by atoms with Crippen molar-refractivity contribution in [2.75, 3.05) is 5.32 Å². The van der Waals surface area contributed by atoms with Crippen molar-refractivity contribution < 1.29 is 9.59 Å². The first kappa shape index (κ1) is 13.5. The van der Waals surface area contributed by atoms with Gasteiger partial charge in [-0.15, -0.1) is 11.3 Å². The number of carbonyl (C=O) groups is 2. The van der Waals surface area contributed by atoms with Gasteiger partial charge in [0.05, 0.1) is 4.88 Å². The summed E-state index contributed by atoms with van der Waals surface area (Å²) in [6, 6.07) is 8.94. The summed E-state index contributed by atoms with van der Waals surface area (Å²) in [5.74, 6) is -0.131. The number of hydrogen-bond acceptors (Lipinski definition) is 3. The lowest BCUT2D eigenvalue weighted by molar-refractivity contribution is 0.101. The van der Waals surface area contributed by atoms with E-state index >= 15 is 0 Å². The van der Waals surface area contributed by atoms with Crippen LogP contribution in [0.15, 0.2) is 35.7 Å². The molecule has 1 aromatic carbocycles. The van der Waals surface area contributed by atoms with Gasteiger partial charge in [0.15, 0.2) is 5.78 Å². The summed E-state index contributed by atoms with van der Waals surface area (Å²) in [4.78, 5) is 24.2. The third-order valence-electron chi connectivity index (χ3n) is 2.86. The standard InChI is InChI=1S/C15H15NO2S/c1-3-11-7-8-19-14(11)15(18)16-13-6-4-5-12(9-13)10(2)17/h4-9H,3H2,1-2H3,(H,16,18). The summed E-state index contributed by atoms with van der Waals surface area (Å²) < 4.78 is 0. The molecule has 19 heavy (non-hydrogen) atoms. The summed E-state index contributed by atoms with van der Waals surface area (Å²) in [7, 11) is 0. The van der Waals surface area contributed by atoms with Crippen LogP contribution in [-0.4, -0.2) is 11.7 Å². The number of carbonyl (C=O) groups excluding carboxylic acids is 2. The van der Waals surface area contributed by atoms with Crippen LogP contribution in [0.3, 0.4) is 0 Å². The predicted molar refractivity (Wildman–Crippen MR) is 78.1 cm³/mol. The molecule has 1 amide bonds. The Morgan fingerprint density at radius 2 is 2.05 bits per heavy atom. The minimum Gasteiger partial charge on any atom is -0.321 e. The van der Waals surface area contributed by atoms with Crippen LogP contribution < -0.4 is 5.32 Å². The Morgan fingerprint density at radius 1 is 1.26 bits per heavy atom. The summed E-state index contributed by atoms with van der Waals surface area (Å²) in [6.45, 7) is 3.53. The number of amides is 1. The Bertz CT molecular complexity index is 616. The van der Waals surface area contributed by atoms with E-state index in [1.54, 1.807) is 24.3 Å². The van der Waals surface area contributed by atoms with Crippen LogP contribution in [0.4, 0.5) is 5.69 Å². The fraction of sp³-hybridized carbons (Fsp3) is 0.200. The van der Waals surface area contributed by atoms with Gasteiger partial charge in [0, 0.05) is 11.3 Å². The normalized spacial score (nSPS) is 10.2. The smallest absolute Gasteiger partial charge is 0.266 e. The number of rotatable bonds is 4. The van der Waals surface area contributed by atoms with Crippen molar-refractivity contribution in [1.82, 2.24) is 0 Å². The van der Waals surface area contributed by atoms with Crippen molar-refractivity contribution in [3.8, 4) is 0 Å². The molecule has 0 bridgehead atoms. The quantitative estimate of drug-likeness (QED) is 0.862. The number of ketones is 1. The third kappa shape index (κ3) is 3.09. The Labute approximate surface area is 116 Å². The van der Waals surface area contributed by atoms with Gasteiger partial charge in [-0.2, -0.15) is 0 Å². The van der Waals surface area contributed by atoms with E-state index in [0.717, 1.165) is 16.9 Å². The van der Waals surface area contributed by atoms with Crippen LogP contribution in [0.25, 0.3) is 0 Å². The Balaban J connectivity index is 2.19.